The van der Waals surface area contributed by atoms with Crippen LogP contribution in [0.1, 0.15) is 44.6 Å². The highest BCUT2D eigenvalue weighted by Crippen LogP contribution is 2.30. The summed E-state index contributed by atoms with van der Waals surface area (Å²) in [6.07, 6.45) is 8.54. The molecule has 1 aromatic rings. The van der Waals surface area contributed by atoms with E-state index in [2.05, 4.69) is 22.2 Å². The van der Waals surface area contributed by atoms with Gasteiger partial charge in [-0.15, -0.1) is 0 Å². The Labute approximate surface area is 114 Å². The highest BCUT2D eigenvalue weighted by Gasteiger charge is 2.17. The molecule has 0 aromatic carbocycles. The van der Waals surface area contributed by atoms with E-state index in [0.29, 0.717) is 5.28 Å². The average molecular weight is 268 g/mol. The summed E-state index contributed by atoms with van der Waals surface area (Å²) >= 11 is 5.80. The summed E-state index contributed by atoms with van der Waals surface area (Å²) in [4.78, 5) is 8.17. The van der Waals surface area contributed by atoms with Crippen molar-refractivity contribution in [1.29, 1.82) is 0 Å². The summed E-state index contributed by atoms with van der Waals surface area (Å²) in [6.45, 7) is 5.34. The Morgan fingerprint density at radius 2 is 2.06 bits per heavy atom. The molecule has 100 valence electrons. The Morgan fingerprint density at radius 1 is 1.33 bits per heavy atom. The second-order valence-corrected chi connectivity index (χ2v) is 5.85. The monoisotopic (exact) mass is 267 g/mol. The molecule has 2 rings (SSSR count). The van der Waals surface area contributed by atoms with Gasteiger partial charge in [0, 0.05) is 18.3 Å². The minimum absolute atomic E-state index is 0.314. The van der Waals surface area contributed by atoms with Gasteiger partial charge in [-0.2, -0.15) is 0 Å². The van der Waals surface area contributed by atoms with Crippen LogP contribution in [0.4, 0.5) is 5.82 Å². The minimum atomic E-state index is 0.314. The predicted molar refractivity (Wildman–Crippen MR) is 76.0 cm³/mol. The number of nitrogens with one attached hydrogen (secondary N) is 1. The van der Waals surface area contributed by atoms with Crippen LogP contribution < -0.4 is 5.32 Å². The van der Waals surface area contributed by atoms with Gasteiger partial charge in [0.05, 0.1) is 0 Å². The van der Waals surface area contributed by atoms with E-state index in [1.165, 1.54) is 32.1 Å². The van der Waals surface area contributed by atoms with Gasteiger partial charge >= 0.3 is 0 Å². The number of aryl methyl sites for hydroxylation is 1. The lowest BCUT2D eigenvalue weighted by Crippen LogP contribution is -2.16. The molecule has 0 amide bonds. The molecule has 1 aromatic heterocycles. The number of halogens is 1. The van der Waals surface area contributed by atoms with E-state index < -0.39 is 0 Å². The molecule has 0 saturated heterocycles. The van der Waals surface area contributed by atoms with Crippen LogP contribution in [0.15, 0.2) is 6.20 Å². The largest absolute Gasteiger partial charge is 0.370 e. The summed E-state index contributed by atoms with van der Waals surface area (Å²) in [7, 11) is 0. The van der Waals surface area contributed by atoms with Crippen molar-refractivity contribution in [3.8, 4) is 0 Å². The smallest absolute Gasteiger partial charge is 0.224 e. The van der Waals surface area contributed by atoms with Gasteiger partial charge in [0.2, 0.25) is 5.28 Å². The number of nitrogens with zero attached hydrogens (tertiary/aromatic N) is 2. The Morgan fingerprint density at radius 3 is 2.78 bits per heavy atom. The van der Waals surface area contributed by atoms with E-state index in [9.17, 15) is 0 Å². The quantitative estimate of drug-likeness (QED) is 0.836. The molecule has 18 heavy (non-hydrogen) atoms. The minimum Gasteiger partial charge on any atom is -0.370 e. The maximum absolute atomic E-state index is 5.80. The third kappa shape index (κ3) is 3.84. The molecule has 1 fully saturated rings. The highest BCUT2D eigenvalue weighted by molar-refractivity contribution is 6.28. The van der Waals surface area contributed by atoms with Crippen LogP contribution in [0.2, 0.25) is 5.28 Å². The summed E-state index contributed by atoms with van der Waals surface area (Å²) in [5.74, 6) is 2.68. The second kappa shape index (κ2) is 6.37. The molecular formula is C14H22ClN3. The van der Waals surface area contributed by atoms with Crippen molar-refractivity contribution < 1.29 is 0 Å². The van der Waals surface area contributed by atoms with Gasteiger partial charge in [-0.3, -0.25) is 0 Å². The normalized spacial score (nSPS) is 23.9. The van der Waals surface area contributed by atoms with E-state index in [-0.39, 0.29) is 0 Å². The SMILES string of the molecule is Cc1cnc(Cl)nc1NCCC1CCC(C)CC1. The molecule has 1 N–H and O–H groups in total. The molecular weight excluding hydrogens is 246 g/mol. The summed E-state index contributed by atoms with van der Waals surface area (Å²) in [5, 5.41) is 3.69. The van der Waals surface area contributed by atoms with Crippen molar-refractivity contribution in [1.82, 2.24) is 9.97 Å². The number of rotatable bonds is 4. The fourth-order valence-electron chi connectivity index (χ4n) is 2.61. The van der Waals surface area contributed by atoms with Crippen LogP contribution in [-0.4, -0.2) is 16.5 Å². The van der Waals surface area contributed by atoms with Crippen LogP contribution in [-0.2, 0) is 0 Å². The lowest BCUT2D eigenvalue weighted by atomic mass is 9.81. The molecule has 0 unspecified atom stereocenters. The zero-order valence-electron chi connectivity index (χ0n) is 11.2. The summed E-state index contributed by atoms with van der Waals surface area (Å²) in [5.41, 5.74) is 1.05. The highest BCUT2D eigenvalue weighted by atomic mass is 35.5. The molecule has 1 heterocycles. The van der Waals surface area contributed by atoms with Crippen molar-refractivity contribution in [2.45, 2.75) is 46.0 Å². The van der Waals surface area contributed by atoms with E-state index in [1.54, 1.807) is 6.20 Å². The van der Waals surface area contributed by atoms with E-state index in [0.717, 1.165) is 29.8 Å². The Hall–Kier alpha value is -0.830. The molecule has 1 aliphatic carbocycles. The van der Waals surface area contributed by atoms with Crippen LogP contribution >= 0.6 is 11.6 Å². The Balaban J connectivity index is 1.76. The predicted octanol–water partition coefficient (Wildman–Crippen LogP) is 4.07. The molecule has 3 nitrogen and oxygen atoms in total. The molecule has 0 bridgehead atoms. The fraction of sp³-hybridized carbons (Fsp3) is 0.714. The van der Waals surface area contributed by atoms with Gasteiger partial charge in [0.15, 0.2) is 0 Å². The van der Waals surface area contributed by atoms with Crippen LogP contribution in [0.3, 0.4) is 0 Å². The molecule has 0 radical (unpaired) electrons. The molecule has 0 aliphatic heterocycles. The van der Waals surface area contributed by atoms with Gasteiger partial charge in [-0.05, 0) is 36.8 Å². The zero-order chi connectivity index (χ0) is 13.0. The Bertz CT molecular complexity index is 387. The average Bonchev–Trinajstić information content (AvgIpc) is 2.36. The fourth-order valence-corrected chi connectivity index (χ4v) is 2.75. The topological polar surface area (TPSA) is 37.8 Å². The second-order valence-electron chi connectivity index (χ2n) is 5.51. The first-order valence-electron chi connectivity index (χ1n) is 6.88. The molecule has 0 spiro atoms. The number of hydrogen-bond acceptors (Lipinski definition) is 3. The lowest BCUT2D eigenvalue weighted by Gasteiger charge is -2.26. The summed E-state index contributed by atoms with van der Waals surface area (Å²) in [6, 6.07) is 0. The summed E-state index contributed by atoms with van der Waals surface area (Å²) < 4.78 is 0. The number of hydrogen-bond donors (Lipinski definition) is 1. The van der Waals surface area contributed by atoms with E-state index in [4.69, 9.17) is 11.6 Å². The van der Waals surface area contributed by atoms with Crippen molar-refractivity contribution in [2.75, 3.05) is 11.9 Å². The van der Waals surface area contributed by atoms with Crippen molar-refractivity contribution in [2.24, 2.45) is 11.8 Å². The maximum Gasteiger partial charge on any atom is 0.224 e. The third-order valence-corrected chi connectivity index (χ3v) is 4.10. The standard InChI is InChI=1S/C14H22ClN3/c1-10-3-5-12(6-4-10)7-8-16-13-11(2)9-17-14(15)18-13/h9-10,12H,3-8H2,1-2H3,(H,16,17,18). The first-order chi connectivity index (χ1) is 8.65. The van der Waals surface area contributed by atoms with Crippen molar-refractivity contribution in [3.05, 3.63) is 17.0 Å². The van der Waals surface area contributed by atoms with Crippen molar-refractivity contribution in [3.63, 3.8) is 0 Å². The molecule has 4 heteroatoms. The van der Waals surface area contributed by atoms with Gasteiger partial charge in [-0.1, -0.05) is 32.6 Å². The van der Waals surface area contributed by atoms with Crippen LogP contribution in [0, 0.1) is 18.8 Å². The van der Waals surface area contributed by atoms with Gasteiger partial charge in [-0.25, -0.2) is 9.97 Å². The zero-order valence-corrected chi connectivity index (χ0v) is 12.0. The molecule has 1 aliphatic rings. The first kappa shape index (κ1) is 13.6. The first-order valence-corrected chi connectivity index (χ1v) is 7.26. The van der Waals surface area contributed by atoms with E-state index in [1.807, 2.05) is 6.92 Å². The van der Waals surface area contributed by atoms with Gasteiger partial charge in [0.25, 0.3) is 0 Å². The van der Waals surface area contributed by atoms with Crippen molar-refractivity contribution >= 4 is 17.4 Å². The number of aromatic nitrogens is 2. The van der Waals surface area contributed by atoms with Gasteiger partial charge < -0.3 is 5.32 Å². The molecule has 1 saturated carbocycles. The maximum atomic E-state index is 5.80. The lowest BCUT2D eigenvalue weighted by molar-refractivity contribution is 0.282. The van der Waals surface area contributed by atoms with Crippen LogP contribution in [0.5, 0.6) is 0 Å². The number of anilines is 1. The van der Waals surface area contributed by atoms with Gasteiger partial charge in [0.1, 0.15) is 5.82 Å². The van der Waals surface area contributed by atoms with E-state index >= 15 is 0 Å². The third-order valence-electron chi connectivity index (χ3n) is 3.92. The Kier molecular flexibility index (Phi) is 4.81. The van der Waals surface area contributed by atoms with Crippen LogP contribution in [0.25, 0.3) is 0 Å². The molecule has 0 atom stereocenters.